The van der Waals surface area contributed by atoms with Gasteiger partial charge in [-0.15, -0.1) is 0 Å². The first-order valence-corrected chi connectivity index (χ1v) is 5.87. The highest BCUT2D eigenvalue weighted by Gasteiger charge is 2.43. The zero-order valence-electron chi connectivity index (χ0n) is 10.3. The average molecular weight is 241 g/mol. The van der Waals surface area contributed by atoms with Crippen LogP contribution < -0.4 is 5.73 Å². The second-order valence-electron chi connectivity index (χ2n) is 4.10. The number of esters is 1. The van der Waals surface area contributed by atoms with E-state index in [9.17, 15) is 9.59 Å². The summed E-state index contributed by atoms with van der Waals surface area (Å²) >= 11 is 0. The van der Waals surface area contributed by atoms with E-state index >= 15 is 0 Å². The van der Waals surface area contributed by atoms with Crippen LogP contribution in [0.3, 0.4) is 0 Å². The molecule has 0 radical (unpaired) electrons. The summed E-state index contributed by atoms with van der Waals surface area (Å²) in [5.41, 5.74) is 5.32. The third kappa shape index (κ3) is 3.56. The molecule has 0 aromatic carbocycles. The molecule has 0 spiro atoms. The molecule has 1 aliphatic rings. The predicted octanol–water partition coefficient (Wildman–Crippen LogP) is 1.27. The van der Waals surface area contributed by atoms with Crippen LogP contribution in [0.5, 0.6) is 0 Å². The maximum Gasteiger partial charge on any atom is 0.314 e. The summed E-state index contributed by atoms with van der Waals surface area (Å²) in [5.74, 6) is -1.67. The SMILES string of the molecule is CCC1=CC(=O)C(C)(OC(=O)CCCCN)O1. The van der Waals surface area contributed by atoms with E-state index in [0.717, 1.165) is 6.42 Å². The van der Waals surface area contributed by atoms with Crippen LogP contribution in [-0.2, 0) is 19.1 Å². The predicted molar refractivity (Wildman–Crippen MR) is 61.9 cm³/mol. The molecule has 5 nitrogen and oxygen atoms in total. The molecular weight excluding hydrogens is 222 g/mol. The molecule has 0 aromatic heterocycles. The molecule has 17 heavy (non-hydrogen) atoms. The number of ether oxygens (including phenoxy) is 2. The van der Waals surface area contributed by atoms with Gasteiger partial charge in [0.1, 0.15) is 5.76 Å². The third-order valence-electron chi connectivity index (χ3n) is 2.56. The number of ketones is 1. The lowest BCUT2D eigenvalue weighted by Crippen LogP contribution is -2.38. The van der Waals surface area contributed by atoms with Gasteiger partial charge in [-0.1, -0.05) is 6.92 Å². The zero-order chi connectivity index (χ0) is 12.9. The van der Waals surface area contributed by atoms with E-state index in [1.54, 1.807) is 0 Å². The second kappa shape index (κ2) is 5.82. The molecule has 1 atom stereocenters. The Morgan fingerprint density at radius 2 is 2.24 bits per heavy atom. The Morgan fingerprint density at radius 3 is 2.76 bits per heavy atom. The third-order valence-corrected chi connectivity index (χ3v) is 2.56. The summed E-state index contributed by atoms with van der Waals surface area (Å²) in [6.07, 6.45) is 3.66. The fraction of sp³-hybridized carbons (Fsp3) is 0.667. The Balaban J connectivity index is 2.46. The summed E-state index contributed by atoms with van der Waals surface area (Å²) in [5, 5.41) is 0. The van der Waals surface area contributed by atoms with E-state index in [1.807, 2.05) is 6.92 Å². The van der Waals surface area contributed by atoms with Gasteiger partial charge >= 0.3 is 11.8 Å². The second-order valence-corrected chi connectivity index (χ2v) is 4.10. The number of hydrogen-bond donors (Lipinski definition) is 1. The molecule has 0 aliphatic carbocycles. The number of nitrogens with two attached hydrogens (primary N) is 1. The fourth-order valence-corrected chi connectivity index (χ4v) is 1.53. The van der Waals surface area contributed by atoms with Crippen LogP contribution in [0.1, 0.15) is 39.5 Å². The highest BCUT2D eigenvalue weighted by atomic mass is 16.7. The summed E-state index contributed by atoms with van der Waals surface area (Å²) in [6.45, 7) is 3.88. The maximum atomic E-state index is 11.6. The Kier molecular flexibility index (Phi) is 4.69. The van der Waals surface area contributed by atoms with Crippen molar-refractivity contribution in [2.45, 2.75) is 45.3 Å². The maximum absolute atomic E-state index is 11.6. The minimum atomic E-state index is -1.47. The Hall–Kier alpha value is -1.36. The van der Waals surface area contributed by atoms with Crippen LogP contribution in [0.4, 0.5) is 0 Å². The minimum absolute atomic E-state index is 0.255. The van der Waals surface area contributed by atoms with E-state index in [2.05, 4.69) is 0 Å². The number of hydrogen-bond acceptors (Lipinski definition) is 5. The Morgan fingerprint density at radius 1 is 1.53 bits per heavy atom. The molecule has 0 aromatic rings. The van der Waals surface area contributed by atoms with Gasteiger partial charge in [0.05, 0.1) is 0 Å². The van der Waals surface area contributed by atoms with E-state index in [0.29, 0.717) is 25.1 Å². The molecule has 2 N–H and O–H groups in total. The van der Waals surface area contributed by atoms with E-state index < -0.39 is 11.8 Å². The van der Waals surface area contributed by atoms with Crippen molar-refractivity contribution in [1.29, 1.82) is 0 Å². The lowest BCUT2D eigenvalue weighted by atomic mass is 10.2. The summed E-state index contributed by atoms with van der Waals surface area (Å²) in [4.78, 5) is 23.1. The lowest BCUT2D eigenvalue weighted by Gasteiger charge is -2.23. The largest absolute Gasteiger partial charge is 0.450 e. The first-order valence-electron chi connectivity index (χ1n) is 5.87. The molecule has 0 saturated carbocycles. The number of unbranched alkanes of at least 4 members (excludes halogenated alkanes) is 1. The van der Waals surface area contributed by atoms with Crippen molar-refractivity contribution in [1.82, 2.24) is 0 Å². The lowest BCUT2D eigenvalue weighted by molar-refractivity contribution is -0.202. The van der Waals surface area contributed by atoms with Crippen LogP contribution in [0.25, 0.3) is 0 Å². The molecule has 0 amide bonds. The van der Waals surface area contributed by atoms with Crippen LogP contribution in [0, 0.1) is 0 Å². The van der Waals surface area contributed by atoms with Gasteiger partial charge in [0.2, 0.25) is 5.78 Å². The molecule has 0 saturated heterocycles. The molecule has 1 unspecified atom stereocenters. The first-order chi connectivity index (χ1) is 8.01. The van der Waals surface area contributed by atoms with Crippen molar-refractivity contribution in [3.63, 3.8) is 0 Å². The summed E-state index contributed by atoms with van der Waals surface area (Å²) in [6, 6.07) is 0. The van der Waals surface area contributed by atoms with Crippen molar-refractivity contribution < 1.29 is 19.1 Å². The first kappa shape index (κ1) is 13.7. The van der Waals surface area contributed by atoms with Gasteiger partial charge in [-0.3, -0.25) is 9.59 Å². The molecular formula is C12H19NO4. The molecule has 0 fully saturated rings. The van der Waals surface area contributed by atoms with Crippen molar-refractivity contribution in [2.75, 3.05) is 6.54 Å². The van der Waals surface area contributed by atoms with Crippen molar-refractivity contribution in [3.05, 3.63) is 11.8 Å². The van der Waals surface area contributed by atoms with Crippen LogP contribution in [-0.4, -0.2) is 24.1 Å². The number of carbonyl (C=O) groups excluding carboxylic acids is 2. The van der Waals surface area contributed by atoms with Gasteiger partial charge in [-0.05, 0) is 19.4 Å². The Labute approximate surface area is 101 Å². The smallest absolute Gasteiger partial charge is 0.314 e. The van der Waals surface area contributed by atoms with Gasteiger partial charge in [0, 0.05) is 25.8 Å². The van der Waals surface area contributed by atoms with Gasteiger partial charge in [-0.25, -0.2) is 0 Å². The topological polar surface area (TPSA) is 78.6 Å². The highest BCUT2D eigenvalue weighted by Crippen LogP contribution is 2.28. The number of carbonyl (C=O) groups is 2. The van der Waals surface area contributed by atoms with Crippen LogP contribution in [0.15, 0.2) is 11.8 Å². The minimum Gasteiger partial charge on any atom is -0.450 e. The zero-order valence-corrected chi connectivity index (χ0v) is 10.3. The van der Waals surface area contributed by atoms with Crippen molar-refractivity contribution in [2.24, 2.45) is 5.73 Å². The van der Waals surface area contributed by atoms with Crippen LogP contribution >= 0.6 is 0 Å². The molecule has 0 bridgehead atoms. The number of allylic oxidation sites excluding steroid dienone is 1. The average Bonchev–Trinajstić information content (AvgIpc) is 2.55. The van der Waals surface area contributed by atoms with Crippen molar-refractivity contribution >= 4 is 11.8 Å². The fourth-order valence-electron chi connectivity index (χ4n) is 1.53. The van der Waals surface area contributed by atoms with E-state index in [-0.39, 0.29) is 12.2 Å². The Bertz CT molecular complexity index is 337. The van der Waals surface area contributed by atoms with Crippen LogP contribution in [0.2, 0.25) is 0 Å². The molecule has 1 aliphatic heterocycles. The van der Waals surface area contributed by atoms with E-state index in [4.69, 9.17) is 15.2 Å². The summed E-state index contributed by atoms with van der Waals surface area (Å²) in [7, 11) is 0. The summed E-state index contributed by atoms with van der Waals surface area (Å²) < 4.78 is 10.4. The van der Waals surface area contributed by atoms with Crippen molar-refractivity contribution in [3.8, 4) is 0 Å². The molecule has 1 rings (SSSR count). The highest BCUT2D eigenvalue weighted by molar-refractivity contribution is 5.99. The van der Waals surface area contributed by atoms with Gasteiger partial charge in [0.25, 0.3) is 0 Å². The van der Waals surface area contributed by atoms with Gasteiger partial charge in [-0.2, -0.15) is 0 Å². The van der Waals surface area contributed by atoms with Gasteiger partial charge < -0.3 is 15.2 Å². The number of rotatable bonds is 6. The van der Waals surface area contributed by atoms with E-state index in [1.165, 1.54) is 13.0 Å². The molecule has 5 heteroatoms. The molecule has 96 valence electrons. The quantitative estimate of drug-likeness (QED) is 0.559. The molecule has 1 heterocycles. The standard InChI is InChI=1S/C12H19NO4/c1-3-9-8-10(14)12(2,16-9)17-11(15)6-4-5-7-13/h8H,3-7,13H2,1-2H3. The normalized spacial score (nSPS) is 23.2. The monoisotopic (exact) mass is 241 g/mol. The van der Waals surface area contributed by atoms with Gasteiger partial charge in [0.15, 0.2) is 0 Å².